The number of sulfonamides is 1. The molecule has 2 heterocycles. The van der Waals surface area contributed by atoms with Crippen molar-refractivity contribution in [2.45, 2.75) is 38.9 Å². The summed E-state index contributed by atoms with van der Waals surface area (Å²) < 4.78 is 62.1. The highest BCUT2D eigenvalue weighted by Crippen LogP contribution is 2.23. The fraction of sp³-hybridized carbons (Fsp3) is 0.643. The van der Waals surface area contributed by atoms with E-state index in [1.165, 1.54) is 0 Å². The van der Waals surface area contributed by atoms with E-state index in [-0.39, 0.29) is 6.54 Å². The monoisotopic (exact) mass is 351 g/mol. The van der Waals surface area contributed by atoms with E-state index in [9.17, 15) is 21.6 Å². The van der Waals surface area contributed by atoms with E-state index in [0.29, 0.717) is 11.4 Å². The van der Waals surface area contributed by atoms with Gasteiger partial charge < -0.3 is 4.90 Å². The van der Waals surface area contributed by atoms with Crippen LogP contribution in [0.1, 0.15) is 30.5 Å². The molecule has 1 aliphatic heterocycles. The molecule has 0 radical (unpaired) electrons. The Morgan fingerprint density at radius 1 is 1.26 bits per heavy atom. The van der Waals surface area contributed by atoms with Crippen LogP contribution in [0, 0.1) is 6.92 Å². The van der Waals surface area contributed by atoms with E-state index in [4.69, 9.17) is 0 Å². The molecule has 0 bridgehead atoms. The van der Waals surface area contributed by atoms with Gasteiger partial charge >= 0.3 is 6.18 Å². The van der Waals surface area contributed by atoms with Crippen molar-refractivity contribution in [1.29, 1.82) is 0 Å². The largest absolute Gasteiger partial charge is 0.390 e. The fourth-order valence-corrected chi connectivity index (χ4v) is 3.44. The Labute approximate surface area is 133 Å². The van der Waals surface area contributed by atoms with Gasteiger partial charge in [0.2, 0.25) is 10.0 Å². The number of nitrogens with zero attached hydrogens (tertiary/aromatic N) is 2. The van der Waals surface area contributed by atoms with Crippen LogP contribution in [0.4, 0.5) is 19.0 Å². The summed E-state index contributed by atoms with van der Waals surface area (Å²) in [5.74, 6) is -0.254. The summed E-state index contributed by atoms with van der Waals surface area (Å²) in [6, 6.07) is 3.53. The second kappa shape index (κ2) is 7.04. The van der Waals surface area contributed by atoms with Crippen LogP contribution in [-0.4, -0.2) is 38.4 Å². The molecule has 0 aromatic carbocycles. The van der Waals surface area contributed by atoms with Crippen LogP contribution in [0.5, 0.6) is 0 Å². The molecule has 0 unspecified atom stereocenters. The van der Waals surface area contributed by atoms with Crippen molar-refractivity contribution < 1.29 is 21.6 Å². The number of anilines is 1. The average molecular weight is 351 g/mol. The van der Waals surface area contributed by atoms with Gasteiger partial charge in [-0.3, -0.25) is 0 Å². The minimum Gasteiger partial charge on any atom is -0.356 e. The Kier molecular flexibility index (Phi) is 5.51. The molecule has 1 aromatic heterocycles. The van der Waals surface area contributed by atoms with Crippen molar-refractivity contribution in [3.63, 3.8) is 0 Å². The predicted molar refractivity (Wildman–Crippen MR) is 81.7 cm³/mol. The van der Waals surface area contributed by atoms with Crippen LogP contribution < -0.4 is 9.62 Å². The van der Waals surface area contributed by atoms with Gasteiger partial charge in [-0.2, -0.15) is 13.2 Å². The van der Waals surface area contributed by atoms with Gasteiger partial charge in [0.1, 0.15) is 5.82 Å². The Morgan fingerprint density at radius 2 is 1.91 bits per heavy atom. The number of pyridine rings is 1. The maximum Gasteiger partial charge on any atom is 0.390 e. The highest BCUT2D eigenvalue weighted by Gasteiger charge is 2.30. The molecule has 1 aliphatic rings. The van der Waals surface area contributed by atoms with Gasteiger partial charge in [-0.25, -0.2) is 18.1 Å². The maximum atomic E-state index is 12.2. The Hall–Kier alpha value is -1.35. The molecular formula is C14H20F3N3O2S. The number of halogens is 3. The third-order valence-corrected chi connectivity index (χ3v) is 4.96. The van der Waals surface area contributed by atoms with Gasteiger partial charge in [0.25, 0.3) is 0 Å². The summed E-state index contributed by atoms with van der Waals surface area (Å²) in [6.07, 6.45) is -3.74. The number of aromatic nitrogens is 1. The first-order valence-corrected chi connectivity index (χ1v) is 9.07. The molecule has 9 heteroatoms. The lowest BCUT2D eigenvalue weighted by atomic mass is 10.2. The van der Waals surface area contributed by atoms with Gasteiger partial charge in [-0.15, -0.1) is 0 Å². The molecule has 0 aliphatic carbocycles. The van der Waals surface area contributed by atoms with Crippen LogP contribution >= 0.6 is 0 Å². The van der Waals surface area contributed by atoms with Gasteiger partial charge in [-0.05, 0) is 25.8 Å². The second-order valence-corrected chi connectivity index (χ2v) is 7.56. The fourth-order valence-electron chi connectivity index (χ4n) is 2.42. The van der Waals surface area contributed by atoms with Gasteiger partial charge in [0, 0.05) is 30.9 Å². The predicted octanol–water partition coefficient (Wildman–Crippen LogP) is 2.36. The summed E-state index contributed by atoms with van der Waals surface area (Å²) in [6.45, 7) is 3.49. The number of hydrogen-bond donors (Lipinski definition) is 1. The van der Waals surface area contributed by atoms with Crippen molar-refractivity contribution in [2.24, 2.45) is 0 Å². The molecule has 0 saturated carbocycles. The second-order valence-electron chi connectivity index (χ2n) is 5.63. The normalized spacial score (nSPS) is 16.1. The summed E-state index contributed by atoms with van der Waals surface area (Å²) in [5.41, 5.74) is 1.49. The first-order chi connectivity index (χ1) is 10.7. The van der Waals surface area contributed by atoms with Gasteiger partial charge in [0.15, 0.2) is 0 Å². The summed E-state index contributed by atoms with van der Waals surface area (Å²) in [7, 11) is -3.98. The lowest BCUT2D eigenvalue weighted by Gasteiger charge is -2.21. The topological polar surface area (TPSA) is 62.3 Å². The molecule has 1 saturated heterocycles. The van der Waals surface area contributed by atoms with Crippen LogP contribution in [0.15, 0.2) is 12.1 Å². The number of rotatable bonds is 6. The summed E-state index contributed by atoms with van der Waals surface area (Å²) >= 11 is 0. The lowest BCUT2D eigenvalue weighted by molar-refractivity contribution is -0.129. The molecule has 2 rings (SSSR count). The Bertz CT molecular complexity index is 641. The minimum atomic E-state index is -4.49. The molecule has 23 heavy (non-hydrogen) atoms. The number of hydrogen-bond acceptors (Lipinski definition) is 4. The Balaban J connectivity index is 2.05. The molecule has 0 amide bonds. The zero-order chi connectivity index (χ0) is 17.1. The van der Waals surface area contributed by atoms with E-state index in [1.807, 2.05) is 6.92 Å². The van der Waals surface area contributed by atoms with Gasteiger partial charge in [0.05, 0.1) is 12.2 Å². The molecule has 1 fully saturated rings. The molecule has 1 N–H and O–H groups in total. The van der Waals surface area contributed by atoms with Crippen molar-refractivity contribution in [1.82, 2.24) is 9.71 Å². The molecule has 5 nitrogen and oxygen atoms in total. The molecule has 0 spiro atoms. The SMILES string of the molecule is Cc1ccc(CNS(=O)(=O)CCC(F)(F)F)c(N2CCCC2)n1. The van der Waals surface area contributed by atoms with Gasteiger partial charge in [-0.1, -0.05) is 6.07 Å². The number of alkyl halides is 3. The van der Waals surface area contributed by atoms with E-state index < -0.39 is 28.4 Å². The zero-order valence-electron chi connectivity index (χ0n) is 12.9. The van der Waals surface area contributed by atoms with E-state index in [1.54, 1.807) is 12.1 Å². The standard InChI is InChI=1S/C14H20F3N3O2S/c1-11-4-5-12(13(19-11)20-7-2-3-8-20)10-18-23(21,22)9-6-14(15,16)17/h4-5,18H,2-3,6-10H2,1H3. The molecule has 0 atom stereocenters. The van der Waals surface area contributed by atoms with Crippen molar-refractivity contribution in [3.8, 4) is 0 Å². The molecule has 130 valence electrons. The quantitative estimate of drug-likeness (QED) is 0.855. The van der Waals surface area contributed by atoms with E-state index >= 15 is 0 Å². The van der Waals surface area contributed by atoms with E-state index in [0.717, 1.165) is 31.6 Å². The van der Waals surface area contributed by atoms with Crippen molar-refractivity contribution in [3.05, 3.63) is 23.4 Å². The third-order valence-electron chi connectivity index (χ3n) is 3.64. The Morgan fingerprint density at radius 3 is 2.52 bits per heavy atom. The average Bonchev–Trinajstić information content (AvgIpc) is 2.97. The highest BCUT2D eigenvalue weighted by molar-refractivity contribution is 7.89. The zero-order valence-corrected chi connectivity index (χ0v) is 13.7. The number of nitrogens with one attached hydrogen (secondary N) is 1. The van der Waals surface area contributed by atoms with Crippen molar-refractivity contribution >= 4 is 15.8 Å². The van der Waals surface area contributed by atoms with Crippen LogP contribution in [0.3, 0.4) is 0 Å². The minimum absolute atomic E-state index is 0.0562. The summed E-state index contributed by atoms with van der Waals surface area (Å²) in [5, 5.41) is 0. The van der Waals surface area contributed by atoms with Crippen molar-refractivity contribution in [2.75, 3.05) is 23.7 Å². The smallest absolute Gasteiger partial charge is 0.356 e. The van der Waals surface area contributed by atoms with E-state index in [2.05, 4.69) is 14.6 Å². The van der Waals surface area contributed by atoms with Crippen LogP contribution in [0.25, 0.3) is 0 Å². The molecule has 1 aromatic rings. The lowest BCUT2D eigenvalue weighted by Crippen LogP contribution is -2.30. The highest BCUT2D eigenvalue weighted by atomic mass is 32.2. The maximum absolute atomic E-state index is 12.2. The number of aryl methyl sites for hydroxylation is 1. The first-order valence-electron chi connectivity index (χ1n) is 7.42. The van der Waals surface area contributed by atoms with Crippen LogP contribution in [-0.2, 0) is 16.6 Å². The van der Waals surface area contributed by atoms with Crippen LogP contribution in [0.2, 0.25) is 0 Å². The first kappa shape index (κ1) is 18.0. The molecular weight excluding hydrogens is 331 g/mol. The third kappa shape index (κ3) is 5.65. The summed E-state index contributed by atoms with van der Waals surface area (Å²) in [4.78, 5) is 6.53.